The summed E-state index contributed by atoms with van der Waals surface area (Å²) in [5, 5.41) is 21.4. The van der Waals surface area contributed by atoms with Crippen LogP contribution in [-0.4, -0.2) is 70.6 Å². The standard InChI is InChI=1S/C17H27N3O3/c1-15(7-5-4-6-8-15)17(19(2)3)10-16(11-17)12-20(9-13(21)22)14(23)18-16/h4-7,13,21-22H,8-12H2,1-3H3,(H,18,23)/t15-,16?,17?/m1/s1. The number of β-amino-alcohol motifs (C(OH)–C–C–N with tert-alkyl or cyclic N) is 2. The van der Waals surface area contributed by atoms with Gasteiger partial charge in [-0.15, -0.1) is 0 Å². The lowest BCUT2D eigenvalue weighted by molar-refractivity contribution is -0.0919. The number of allylic oxidation sites excluding steroid dienone is 3. The Hall–Kier alpha value is -1.37. The van der Waals surface area contributed by atoms with Crippen molar-refractivity contribution >= 4 is 6.03 Å². The highest BCUT2D eigenvalue weighted by molar-refractivity contribution is 5.78. The van der Waals surface area contributed by atoms with Gasteiger partial charge in [0.1, 0.15) is 0 Å². The molecule has 2 fully saturated rings. The molecule has 23 heavy (non-hydrogen) atoms. The van der Waals surface area contributed by atoms with Gasteiger partial charge in [-0.25, -0.2) is 4.79 Å². The van der Waals surface area contributed by atoms with Crippen molar-refractivity contribution in [1.82, 2.24) is 15.1 Å². The molecule has 3 N–H and O–H groups in total. The van der Waals surface area contributed by atoms with Crippen LogP contribution in [0.15, 0.2) is 24.3 Å². The van der Waals surface area contributed by atoms with Crippen molar-refractivity contribution in [2.75, 3.05) is 27.2 Å². The highest BCUT2D eigenvalue weighted by Crippen LogP contribution is 2.58. The van der Waals surface area contributed by atoms with E-state index >= 15 is 0 Å². The number of nitrogens with one attached hydrogen (secondary N) is 1. The number of carbonyl (C=O) groups excluding carboxylic acids is 1. The van der Waals surface area contributed by atoms with Gasteiger partial charge in [-0.05, 0) is 33.4 Å². The summed E-state index contributed by atoms with van der Waals surface area (Å²) < 4.78 is 0. The highest BCUT2D eigenvalue weighted by atomic mass is 16.5. The molecule has 0 aromatic heterocycles. The van der Waals surface area contributed by atoms with Gasteiger partial charge in [0.25, 0.3) is 0 Å². The average Bonchev–Trinajstić information content (AvgIpc) is 2.73. The molecule has 1 heterocycles. The Kier molecular flexibility index (Phi) is 3.82. The van der Waals surface area contributed by atoms with Gasteiger partial charge in [0.2, 0.25) is 0 Å². The lowest BCUT2D eigenvalue weighted by Crippen LogP contribution is -2.74. The number of nitrogens with zero attached hydrogens (tertiary/aromatic N) is 2. The maximum atomic E-state index is 12.1. The van der Waals surface area contributed by atoms with Gasteiger partial charge in [-0.2, -0.15) is 0 Å². The molecule has 6 nitrogen and oxygen atoms in total. The van der Waals surface area contributed by atoms with E-state index in [1.807, 2.05) is 0 Å². The number of rotatable bonds is 4. The summed E-state index contributed by atoms with van der Waals surface area (Å²) in [6.45, 7) is 2.78. The predicted octanol–water partition coefficient (Wildman–Crippen LogP) is 0.678. The summed E-state index contributed by atoms with van der Waals surface area (Å²) in [5.41, 5.74) is -0.227. The highest BCUT2D eigenvalue weighted by Gasteiger charge is 2.65. The van der Waals surface area contributed by atoms with Gasteiger partial charge < -0.3 is 25.3 Å². The number of amides is 2. The third-order valence-electron chi connectivity index (χ3n) is 5.97. The minimum atomic E-state index is -1.49. The van der Waals surface area contributed by atoms with Crippen LogP contribution in [0.4, 0.5) is 4.79 Å². The van der Waals surface area contributed by atoms with E-state index < -0.39 is 6.29 Å². The molecule has 2 aliphatic carbocycles. The van der Waals surface area contributed by atoms with Gasteiger partial charge in [-0.3, -0.25) is 0 Å². The van der Waals surface area contributed by atoms with Crippen molar-refractivity contribution in [3.63, 3.8) is 0 Å². The molecule has 1 saturated heterocycles. The molecule has 0 bridgehead atoms. The van der Waals surface area contributed by atoms with Crippen molar-refractivity contribution in [2.24, 2.45) is 5.41 Å². The second-order valence-electron chi connectivity index (χ2n) is 7.76. The zero-order chi connectivity index (χ0) is 16.9. The molecule has 3 rings (SSSR count). The molecule has 1 saturated carbocycles. The zero-order valence-corrected chi connectivity index (χ0v) is 14.1. The minimum Gasteiger partial charge on any atom is -0.367 e. The van der Waals surface area contributed by atoms with E-state index in [0.717, 1.165) is 19.3 Å². The van der Waals surface area contributed by atoms with Crippen LogP contribution in [0.2, 0.25) is 0 Å². The maximum Gasteiger partial charge on any atom is 0.318 e. The molecular formula is C17H27N3O3. The van der Waals surface area contributed by atoms with E-state index in [4.69, 9.17) is 10.2 Å². The number of carbonyl (C=O) groups is 1. The quantitative estimate of drug-likeness (QED) is 0.666. The summed E-state index contributed by atoms with van der Waals surface area (Å²) >= 11 is 0. The van der Waals surface area contributed by atoms with Crippen LogP contribution in [0.5, 0.6) is 0 Å². The first-order valence-electron chi connectivity index (χ1n) is 8.17. The van der Waals surface area contributed by atoms with E-state index in [1.54, 1.807) is 0 Å². The summed E-state index contributed by atoms with van der Waals surface area (Å²) in [6.07, 6.45) is 9.92. The first kappa shape index (κ1) is 16.5. The summed E-state index contributed by atoms with van der Waals surface area (Å²) in [7, 11) is 4.21. The predicted molar refractivity (Wildman–Crippen MR) is 87.7 cm³/mol. The molecule has 0 unspecified atom stereocenters. The second-order valence-corrected chi connectivity index (χ2v) is 7.76. The van der Waals surface area contributed by atoms with E-state index in [-0.39, 0.29) is 29.1 Å². The topological polar surface area (TPSA) is 76.0 Å². The molecule has 1 spiro atoms. The maximum absolute atomic E-state index is 12.1. The Bertz CT molecular complexity index is 549. The Balaban J connectivity index is 1.78. The van der Waals surface area contributed by atoms with Crippen molar-refractivity contribution < 1.29 is 15.0 Å². The molecule has 128 valence electrons. The first-order valence-corrected chi connectivity index (χ1v) is 8.17. The van der Waals surface area contributed by atoms with Gasteiger partial charge in [0.15, 0.2) is 6.29 Å². The molecule has 0 radical (unpaired) electrons. The number of hydrogen-bond donors (Lipinski definition) is 3. The Labute approximate surface area is 137 Å². The Morgan fingerprint density at radius 1 is 1.35 bits per heavy atom. The lowest BCUT2D eigenvalue weighted by atomic mass is 9.50. The molecule has 3 aliphatic rings. The molecule has 1 atom stereocenters. The van der Waals surface area contributed by atoms with Gasteiger partial charge in [0, 0.05) is 17.5 Å². The largest absolute Gasteiger partial charge is 0.367 e. The normalized spacial score (nSPS) is 39.4. The Morgan fingerprint density at radius 3 is 2.57 bits per heavy atom. The van der Waals surface area contributed by atoms with E-state index in [9.17, 15) is 4.79 Å². The Morgan fingerprint density at radius 2 is 2.04 bits per heavy atom. The molecule has 1 aliphatic heterocycles. The monoisotopic (exact) mass is 321 g/mol. The van der Waals surface area contributed by atoms with Crippen LogP contribution in [0.25, 0.3) is 0 Å². The summed E-state index contributed by atoms with van der Waals surface area (Å²) in [6, 6.07) is -0.199. The van der Waals surface area contributed by atoms with Crippen LogP contribution >= 0.6 is 0 Å². The fourth-order valence-electron chi connectivity index (χ4n) is 4.70. The van der Waals surface area contributed by atoms with Crippen LogP contribution in [-0.2, 0) is 0 Å². The van der Waals surface area contributed by atoms with Crippen LogP contribution in [0.3, 0.4) is 0 Å². The van der Waals surface area contributed by atoms with Crippen LogP contribution in [0, 0.1) is 5.41 Å². The van der Waals surface area contributed by atoms with E-state index in [2.05, 4.69) is 55.5 Å². The van der Waals surface area contributed by atoms with Crippen molar-refractivity contribution in [1.29, 1.82) is 0 Å². The smallest absolute Gasteiger partial charge is 0.318 e. The third kappa shape index (κ3) is 2.49. The minimum absolute atomic E-state index is 0.00458. The van der Waals surface area contributed by atoms with Gasteiger partial charge >= 0.3 is 6.03 Å². The zero-order valence-electron chi connectivity index (χ0n) is 14.1. The number of urea groups is 1. The molecular weight excluding hydrogens is 294 g/mol. The summed E-state index contributed by atoms with van der Waals surface area (Å²) in [4.78, 5) is 15.9. The lowest BCUT2D eigenvalue weighted by Gasteiger charge is -2.64. The molecule has 0 aromatic rings. The number of hydrogen-bond acceptors (Lipinski definition) is 4. The second kappa shape index (κ2) is 5.33. The van der Waals surface area contributed by atoms with Crippen molar-refractivity contribution in [2.45, 2.75) is 43.6 Å². The van der Waals surface area contributed by atoms with Gasteiger partial charge in [0.05, 0.1) is 12.1 Å². The average molecular weight is 321 g/mol. The van der Waals surface area contributed by atoms with Crippen LogP contribution in [0.1, 0.15) is 26.2 Å². The fourth-order valence-corrected chi connectivity index (χ4v) is 4.70. The molecule has 6 heteroatoms. The van der Waals surface area contributed by atoms with Crippen LogP contribution < -0.4 is 5.32 Å². The number of aliphatic hydroxyl groups excluding tert-OH is 1. The molecule has 2 amide bonds. The van der Waals surface area contributed by atoms with E-state index in [1.165, 1.54) is 4.90 Å². The van der Waals surface area contributed by atoms with Gasteiger partial charge in [-0.1, -0.05) is 31.2 Å². The molecule has 0 aromatic carbocycles. The first-order chi connectivity index (χ1) is 10.7. The SMILES string of the molecule is CN(C)C1([C@]2(C)C=CC=CC2)CC2(CN(CC(O)O)C(=O)N2)C1. The number of aliphatic hydroxyl groups is 2. The summed E-state index contributed by atoms with van der Waals surface area (Å²) in [5.74, 6) is 0. The van der Waals surface area contributed by atoms with Crippen molar-refractivity contribution in [3.8, 4) is 0 Å². The fraction of sp³-hybridized carbons (Fsp3) is 0.706. The van der Waals surface area contributed by atoms with Crippen molar-refractivity contribution in [3.05, 3.63) is 24.3 Å². The van der Waals surface area contributed by atoms with E-state index in [0.29, 0.717) is 6.54 Å². The third-order valence-corrected chi connectivity index (χ3v) is 5.97.